The molecule has 1 unspecified atom stereocenters. The summed E-state index contributed by atoms with van der Waals surface area (Å²) >= 11 is 14.1. The first-order valence-corrected chi connectivity index (χ1v) is 10.9. The second-order valence-electron chi connectivity index (χ2n) is 6.97. The van der Waals surface area contributed by atoms with Crippen LogP contribution in [0.25, 0.3) is 0 Å². The number of hydrogen-bond donors (Lipinski definition) is 2. The number of thioether (sulfide) groups is 1. The minimum atomic E-state index is -0.0563. The van der Waals surface area contributed by atoms with Crippen molar-refractivity contribution in [2.45, 2.75) is 26.2 Å². The van der Waals surface area contributed by atoms with Gasteiger partial charge < -0.3 is 10.6 Å². The summed E-state index contributed by atoms with van der Waals surface area (Å²) in [6.07, 6.45) is 1.17. The second kappa shape index (κ2) is 9.18. The Morgan fingerprint density at radius 3 is 2.78 bits per heavy atom. The first-order chi connectivity index (χ1) is 12.9. The van der Waals surface area contributed by atoms with Crippen molar-refractivity contribution in [3.63, 3.8) is 0 Å². The van der Waals surface area contributed by atoms with Gasteiger partial charge in [-0.3, -0.25) is 4.79 Å². The molecule has 0 radical (unpaired) electrons. The molecule has 7 heteroatoms. The van der Waals surface area contributed by atoms with E-state index in [4.69, 9.17) is 23.2 Å². The molecule has 27 heavy (non-hydrogen) atoms. The zero-order valence-corrected chi connectivity index (χ0v) is 17.7. The van der Waals surface area contributed by atoms with E-state index in [1.165, 1.54) is 12.2 Å². The molecule has 2 aromatic rings. The fraction of sp³-hybridized carbons (Fsp3) is 0.400. The van der Waals surface area contributed by atoms with Gasteiger partial charge in [0.25, 0.3) is 5.91 Å². The Morgan fingerprint density at radius 2 is 2.11 bits per heavy atom. The maximum atomic E-state index is 12.7. The number of pyridine rings is 1. The van der Waals surface area contributed by atoms with Crippen LogP contribution in [-0.2, 0) is 0 Å². The van der Waals surface area contributed by atoms with Crippen molar-refractivity contribution in [2.24, 2.45) is 5.92 Å². The summed E-state index contributed by atoms with van der Waals surface area (Å²) in [4.78, 5) is 17.3. The second-order valence-corrected chi connectivity index (χ2v) is 8.97. The number of carbonyl (C=O) groups excluding carboxylic acids is 1. The number of carbonyl (C=O) groups is 1. The molecule has 1 aliphatic rings. The summed E-state index contributed by atoms with van der Waals surface area (Å²) in [7, 11) is 0. The van der Waals surface area contributed by atoms with E-state index in [1.54, 1.807) is 18.2 Å². The molecule has 0 aliphatic carbocycles. The van der Waals surface area contributed by atoms with Crippen molar-refractivity contribution < 1.29 is 4.79 Å². The first-order valence-electron chi connectivity index (χ1n) is 9.03. The zero-order valence-electron chi connectivity index (χ0n) is 15.4. The number of nitrogens with zero attached hydrogens (tertiary/aromatic N) is 1. The molecular formula is C20H23Cl2N3OS. The van der Waals surface area contributed by atoms with Crippen molar-refractivity contribution >= 4 is 52.4 Å². The molecule has 3 rings (SSSR count). The molecule has 0 saturated carbocycles. The molecule has 0 bridgehead atoms. The third-order valence-corrected chi connectivity index (χ3v) is 6.26. The molecule has 1 amide bonds. The summed E-state index contributed by atoms with van der Waals surface area (Å²) in [5, 5.41) is 7.37. The Labute approximate surface area is 174 Å². The van der Waals surface area contributed by atoms with E-state index in [0.717, 1.165) is 23.7 Å². The van der Waals surface area contributed by atoms with Crippen LogP contribution in [0.1, 0.15) is 42.2 Å². The van der Waals surface area contributed by atoms with Crippen LogP contribution in [0, 0.1) is 5.92 Å². The lowest BCUT2D eigenvalue weighted by atomic mass is 10.0. The minimum Gasteiger partial charge on any atom is -0.352 e. The highest BCUT2D eigenvalue weighted by atomic mass is 35.5. The number of rotatable bonds is 6. The summed E-state index contributed by atoms with van der Waals surface area (Å²) in [6.45, 7) is 4.79. The normalized spacial score (nSPS) is 16.6. The van der Waals surface area contributed by atoms with E-state index in [9.17, 15) is 4.79 Å². The molecule has 1 fully saturated rings. The Balaban J connectivity index is 1.76. The average molecular weight is 424 g/mol. The van der Waals surface area contributed by atoms with Gasteiger partial charge in [0.2, 0.25) is 0 Å². The van der Waals surface area contributed by atoms with Crippen molar-refractivity contribution in [3.05, 3.63) is 51.6 Å². The highest BCUT2D eigenvalue weighted by molar-refractivity contribution is 7.99. The Bertz CT molecular complexity index is 823. The van der Waals surface area contributed by atoms with Crippen LogP contribution in [0.5, 0.6) is 0 Å². The molecule has 1 aromatic heterocycles. The van der Waals surface area contributed by atoms with E-state index in [2.05, 4.69) is 15.6 Å². The molecule has 1 saturated heterocycles. The maximum Gasteiger partial charge on any atom is 0.253 e. The Kier molecular flexibility index (Phi) is 6.90. The largest absolute Gasteiger partial charge is 0.352 e. The summed E-state index contributed by atoms with van der Waals surface area (Å²) in [5.41, 5.74) is 2.12. The van der Waals surface area contributed by atoms with E-state index in [1.807, 2.05) is 37.7 Å². The number of benzene rings is 1. The number of halogens is 2. The van der Waals surface area contributed by atoms with Crippen LogP contribution in [0.15, 0.2) is 30.3 Å². The van der Waals surface area contributed by atoms with Crippen LogP contribution < -0.4 is 10.6 Å². The predicted molar refractivity (Wildman–Crippen MR) is 116 cm³/mol. The van der Waals surface area contributed by atoms with Gasteiger partial charge in [0.05, 0.1) is 22.0 Å². The van der Waals surface area contributed by atoms with Gasteiger partial charge in [0.15, 0.2) is 0 Å². The quantitative estimate of drug-likeness (QED) is 0.621. The molecule has 1 aliphatic heterocycles. The van der Waals surface area contributed by atoms with E-state index in [0.29, 0.717) is 27.3 Å². The number of hydrogen-bond acceptors (Lipinski definition) is 4. The third kappa shape index (κ3) is 5.31. The van der Waals surface area contributed by atoms with Gasteiger partial charge in [0, 0.05) is 11.6 Å². The standard InChI is InChI=1S/C20H23Cl2N3OS/c1-12(2)19-15(20(26)23-10-13-7-8-27-11-13)4-6-18(25-19)24-17-5-3-14(21)9-16(17)22/h3-6,9,12-13H,7-8,10-11H2,1-2H3,(H,23,26)(H,24,25). The fourth-order valence-electron chi connectivity index (χ4n) is 2.98. The van der Waals surface area contributed by atoms with Gasteiger partial charge in [-0.25, -0.2) is 4.98 Å². The first kappa shape index (κ1) is 20.3. The monoisotopic (exact) mass is 423 g/mol. The maximum absolute atomic E-state index is 12.7. The number of nitrogens with one attached hydrogen (secondary N) is 2. The molecule has 2 N–H and O–H groups in total. The van der Waals surface area contributed by atoms with Crippen molar-refractivity contribution in [1.29, 1.82) is 0 Å². The molecule has 1 atom stereocenters. The minimum absolute atomic E-state index is 0.0563. The third-order valence-electron chi connectivity index (χ3n) is 4.49. The molecule has 2 heterocycles. The van der Waals surface area contributed by atoms with Gasteiger partial charge >= 0.3 is 0 Å². The topological polar surface area (TPSA) is 54.0 Å². The zero-order chi connectivity index (χ0) is 19.4. The Morgan fingerprint density at radius 1 is 1.30 bits per heavy atom. The molecule has 4 nitrogen and oxygen atoms in total. The summed E-state index contributed by atoms with van der Waals surface area (Å²) in [6, 6.07) is 8.88. The number of anilines is 2. The van der Waals surface area contributed by atoms with Crippen molar-refractivity contribution in [2.75, 3.05) is 23.4 Å². The van der Waals surface area contributed by atoms with E-state index in [-0.39, 0.29) is 11.8 Å². The lowest BCUT2D eigenvalue weighted by molar-refractivity contribution is 0.0946. The van der Waals surface area contributed by atoms with E-state index < -0.39 is 0 Å². The molecule has 1 aromatic carbocycles. The van der Waals surface area contributed by atoms with E-state index >= 15 is 0 Å². The van der Waals surface area contributed by atoms with Crippen LogP contribution in [-0.4, -0.2) is 28.9 Å². The lowest BCUT2D eigenvalue weighted by Crippen LogP contribution is -2.30. The van der Waals surface area contributed by atoms with Crippen molar-refractivity contribution in [1.82, 2.24) is 10.3 Å². The van der Waals surface area contributed by atoms with Crippen LogP contribution >= 0.6 is 35.0 Å². The molecular weight excluding hydrogens is 401 g/mol. The Hall–Kier alpha value is -1.43. The fourth-order valence-corrected chi connectivity index (χ4v) is 4.72. The highest BCUT2D eigenvalue weighted by Crippen LogP contribution is 2.29. The van der Waals surface area contributed by atoms with Gasteiger partial charge in [-0.2, -0.15) is 11.8 Å². The van der Waals surface area contributed by atoms with Gasteiger partial charge in [-0.05, 0) is 60.1 Å². The van der Waals surface area contributed by atoms with Crippen LogP contribution in [0.4, 0.5) is 11.5 Å². The highest BCUT2D eigenvalue weighted by Gasteiger charge is 2.20. The molecule has 0 spiro atoms. The summed E-state index contributed by atoms with van der Waals surface area (Å²) < 4.78 is 0. The number of aromatic nitrogens is 1. The molecule has 144 valence electrons. The lowest BCUT2D eigenvalue weighted by Gasteiger charge is -2.16. The number of amides is 1. The van der Waals surface area contributed by atoms with Crippen LogP contribution in [0.2, 0.25) is 10.0 Å². The van der Waals surface area contributed by atoms with Gasteiger partial charge in [0.1, 0.15) is 5.82 Å². The van der Waals surface area contributed by atoms with Gasteiger partial charge in [-0.15, -0.1) is 0 Å². The average Bonchev–Trinajstić information content (AvgIpc) is 3.15. The van der Waals surface area contributed by atoms with Gasteiger partial charge in [-0.1, -0.05) is 37.0 Å². The predicted octanol–water partition coefficient (Wildman–Crippen LogP) is 5.74. The summed E-state index contributed by atoms with van der Waals surface area (Å²) in [5.74, 6) is 3.59. The van der Waals surface area contributed by atoms with Crippen LogP contribution in [0.3, 0.4) is 0 Å². The SMILES string of the molecule is CC(C)c1nc(Nc2ccc(Cl)cc2Cl)ccc1C(=O)NCC1CCSC1. The smallest absolute Gasteiger partial charge is 0.253 e. The van der Waals surface area contributed by atoms with Crippen molar-refractivity contribution in [3.8, 4) is 0 Å².